The Balaban J connectivity index is 1.60. The number of rotatable bonds is 4. The van der Waals surface area contributed by atoms with Gasteiger partial charge >= 0.3 is 0 Å². The van der Waals surface area contributed by atoms with Crippen LogP contribution in [0.15, 0.2) is 24.3 Å². The van der Waals surface area contributed by atoms with E-state index < -0.39 is 0 Å². The molecule has 0 spiro atoms. The van der Waals surface area contributed by atoms with Gasteiger partial charge in [-0.1, -0.05) is 13.3 Å². The molecule has 5 heteroatoms. The Labute approximate surface area is 150 Å². The second kappa shape index (κ2) is 7.46. The molecule has 0 radical (unpaired) electrons. The van der Waals surface area contributed by atoms with E-state index in [4.69, 9.17) is 0 Å². The van der Waals surface area contributed by atoms with Gasteiger partial charge in [-0.05, 0) is 55.4 Å². The molecule has 1 aliphatic heterocycles. The van der Waals surface area contributed by atoms with Crippen LogP contribution in [-0.2, 0) is 4.79 Å². The van der Waals surface area contributed by atoms with E-state index in [0.717, 1.165) is 31.4 Å². The minimum Gasteiger partial charge on any atom is -0.378 e. The molecule has 0 bridgehead atoms. The Morgan fingerprint density at radius 2 is 1.96 bits per heavy atom. The highest BCUT2D eigenvalue weighted by Gasteiger charge is 2.40. The number of piperidine rings is 1. The van der Waals surface area contributed by atoms with Crippen molar-refractivity contribution in [1.29, 1.82) is 0 Å². The van der Waals surface area contributed by atoms with E-state index in [-0.39, 0.29) is 23.9 Å². The molecule has 4 unspecified atom stereocenters. The second-order valence-electron chi connectivity index (χ2n) is 7.64. The van der Waals surface area contributed by atoms with E-state index in [1.165, 1.54) is 0 Å². The van der Waals surface area contributed by atoms with Crippen LogP contribution >= 0.6 is 0 Å². The van der Waals surface area contributed by atoms with E-state index >= 15 is 0 Å². The quantitative estimate of drug-likeness (QED) is 0.883. The fourth-order valence-corrected chi connectivity index (χ4v) is 4.34. The van der Waals surface area contributed by atoms with Crippen molar-refractivity contribution in [2.24, 2.45) is 11.8 Å². The highest BCUT2D eigenvalue weighted by Crippen LogP contribution is 2.37. The van der Waals surface area contributed by atoms with Gasteiger partial charge in [-0.25, -0.2) is 0 Å². The first-order valence-electron chi connectivity index (χ1n) is 9.35. The van der Waals surface area contributed by atoms with Crippen LogP contribution in [0.1, 0.15) is 49.4 Å². The summed E-state index contributed by atoms with van der Waals surface area (Å²) in [4.78, 5) is 26.5. The average molecular weight is 343 g/mol. The molecule has 1 heterocycles. The highest BCUT2D eigenvalue weighted by atomic mass is 16.2. The standard InChI is InChI=1S/C20H29N3O2/c1-4-13-11-19(24)22-18-12-15(7-10-17(13)18)21-20(25)14-5-8-16(9-6-14)23(2)3/h5-6,8-9,13,15,17-18H,4,7,10-12H2,1-3H3,(H,21,25)(H,22,24). The van der Waals surface area contributed by atoms with E-state index in [1.807, 2.05) is 43.3 Å². The van der Waals surface area contributed by atoms with Gasteiger partial charge in [-0.3, -0.25) is 9.59 Å². The molecule has 2 fully saturated rings. The zero-order chi connectivity index (χ0) is 18.0. The number of carbonyl (C=O) groups excluding carboxylic acids is 2. The molecule has 2 N–H and O–H groups in total. The van der Waals surface area contributed by atoms with Gasteiger partial charge in [0.25, 0.3) is 5.91 Å². The van der Waals surface area contributed by atoms with Crippen LogP contribution in [0.4, 0.5) is 5.69 Å². The van der Waals surface area contributed by atoms with Crippen LogP contribution < -0.4 is 15.5 Å². The molecular formula is C20H29N3O2. The molecule has 1 saturated heterocycles. The van der Waals surface area contributed by atoms with Crippen LogP contribution in [0, 0.1) is 11.8 Å². The van der Waals surface area contributed by atoms with Gasteiger partial charge in [0, 0.05) is 43.9 Å². The van der Waals surface area contributed by atoms with Crippen molar-refractivity contribution in [2.45, 2.75) is 51.1 Å². The van der Waals surface area contributed by atoms with Gasteiger partial charge in [0.05, 0.1) is 0 Å². The molecular weight excluding hydrogens is 314 g/mol. The first-order valence-corrected chi connectivity index (χ1v) is 9.35. The smallest absolute Gasteiger partial charge is 0.251 e. The van der Waals surface area contributed by atoms with Crippen molar-refractivity contribution in [2.75, 3.05) is 19.0 Å². The van der Waals surface area contributed by atoms with Crippen LogP contribution in [0.5, 0.6) is 0 Å². The fraction of sp³-hybridized carbons (Fsp3) is 0.600. The van der Waals surface area contributed by atoms with Crippen LogP contribution in [-0.4, -0.2) is 38.0 Å². The molecule has 1 aromatic carbocycles. The summed E-state index contributed by atoms with van der Waals surface area (Å²) in [6, 6.07) is 8.00. The summed E-state index contributed by atoms with van der Waals surface area (Å²) < 4.78 is 0. The van der Waals surface area contributed by atoms with E-state index in [1.54, 1.807) is 0 Å². The second-order valence-corrected chi connectivity index (χ2v) is 7.64. The maximum absolute atomic E-state index is 12.5. The van der Waals surface area contributed by atoms with Crippen molar-refractivity contribution < 1.29 is 9.59 Å². The SMILES string of the molecule is CCC1CC(=O)NC2CC(NC(=O)c3ccc(N(C)C)cc3)CCC12. The number of nitrogens with zero attached hydrogens (tertiary/aromatic N) is 1. The first-order chi connectivity index (χ1) is 12.0. The summed E-state index contributed by atoms with van der Waals surface area (Å²) in [5, 5.41) is 6.31. The number of anilines is 1. The summed E-state index contributed by atoms with van der Waals surface area (Å²) in [6.07, 6.45) is 4.63. The lowest BCUT2D eigenvalue weighted by atomic mass is 9.70. The van der Waals surface area contributed by atoms with Crippen LogP contribution in [0.2, 0.25) is 0 Å². The van der Waals surface area contributed by atoms with E-state index in [0.29, 0.717) is 23.8 Å². The zero-order valence-corrected chi connectivity index (χ0v) is 15.4. The molecule has 3 rings (SSSR count). The normalized spacial score (nSPS) is 28.7. The molecule has 0 aromatic heterocycles. The zero-order valence-electron chi connectivity index (χ0n) is 15.4. The molecule has 1 saturated carbocycles. The van der Waals surface area contributed by atoms with Gasteiger partial charge in [-0.15, -0.1) is 0 Å². The lowest BCUT2D eigenvalue weighted by Crippen LogP contribution is -2.55. The van der Waals surface area contributed by atoms with Crippen molar-refractivity contribution in [3.8, 4) is 0 Å². The van der Waals surface area contributed by atoms with Crippen molar-refractivity contribution in [1.82, 2.24) is 10.6 Å². The van der Waals surface area contributed by atoms with Gasteiger partial charge in [0.2, 0.25) is 5.91 Å². The number of hydrogen-bond donors (Lipinski definition) is 2. The fourth-order valence-electron chi connectivity index (χ4n) is 4.34. The maximum atomic E-state index is 12.5. The first kappa shape index (κ1) is 17.8. The topological polar surface area (TPSA) is 61.4 Å². The molecule has 4 atom stereocenters. The molecule has 136 valence electrons. The largest absolute Gasteiger partial charge is 0.378 e. The molecule has 25 heavy (non-hydrogen) atoms. The number of amides is 2. The van der Waals surface area contributed by atoms with Crippen molar-refractivity contribution in [3.05, 3.63) is 29.8 Å². The van der Waals surface area contributed by atoms with Gasteiger partial charge in [0.1, 0.15) is 0 Å². The monoisotopic (exact) mass is 343 g/mol. The maximum Gasteiger partial charge on any atom is 0.251 e. The summed E-state index contributed by atoms with van der Waals surface area (Å²) in [6.45, 7) is 2.17. The third-order valence-electron chi connectivity index (χ3n) is 5.81. The average Bonchev–Trinajstić information content (AvgIpc) is 2.60. The number of benzene rings is 1. The predicted octanol–water partition coefficient (Wildman–Crippen LogP) is 2.57. The van der Waals surface area contributed by atoms with Crippen molar-refractivity contribution in [3.63, 3.8) is 0 Å². The minimum atomic E-state index is -0.0251. The van der Waals surface area contributed by atoms with Crippen molar-refractivity contribution >= 4 is 17.5 Å². The summed E-state index contributed by atoms with van der Waals surface area (Å²) in [5.41, 5.74) is 1.76. The van der Waals surface area contributed by atoms with Gasteiger partial charge in [0.15, 0.2) is 0 Å². The van der Waals surface area contributed by atoms with Crippen LogP contribution in [0.3, 0.4) is 0 Å². The number of nitrogens with one attached hydrogen (secondary N) is 2. The van der Waals surface area contributed by atoms with Crippen LogP contribution in [0.25, 0.3) is 0 Å². The molecule has 2 aliphatic rings. The predicted molar refractivity (Wildman–Crippen MR) is 99.7 cm³/mol. The van der Waals surface area contributed by atoms with Gasteiger partial charge < -0.3 is 15.5 Å². The number of fused-ring (bicyclic) bond motifs is 1. The van der Waals surface area contributed by atoms with Gasteiger partial charge in [-0.2, -0.15) is 0 Å². The Hall–Kier alpha value is -2.04. The number of carbonyl (C=O) groups is 2. The summed E-state index contributed by atoms with van der Waals surface area (Å²) in [7, 11) is 3.96. The Kier molecular flexibility index (Phi) is 5.30. The molecule has 5 nitrogen and oxygen atoms in total. The van der Waals surface area contributed by atoms with E-state index in [9.17, 15) is 9.59 Å². The van der Waals surface area contributed by atoms with E-state index in [2.05, 4.69) is 17.6 Å². The third-order valence-corrected chi connectivity index (χ3v) is 5.81. The highest BCUT2D eigenvalue weighted by molar-refractivity contribution is 5.94. The lowest BCUT2D eigenvalue weighted by molar-refractivity contribution is -0.127. The minimum absolute atomic E-state index is 0.0251. The molecule has 2 amide bonds. The summed E-state index contributed by atoms with van der Waals surface area (Å²) >= 11 is 0. The lowest BCUT2D eigenvalue weighted by Gasteiger charge is -2.44. The number of hydrogen-bond acceptors (Lipinski definition) is 3. The molecule has 1 aliphatic carbocycles. The third kappa shape index (κ3) is 3.97. The molecule has 1 aromatic rings. The Bertz CT molecular complexity index is 626. The Morgan fingerprint density at radius 3 is 2.60 bits per heavy atom. The Morgan fingerprint density at radius 1 is 1.24 bits per heavy atom. The summed E-state index contributed by atoms with van der Waals surface area (Å²) in [5.74, 6) is 1.20.